The SMILES string of the molecule is CCOc1ccc(S(=O)(=O)CCC(=O)N2CCC3(CCCCc4ccccc4OCCCC(=O)NC3)CC2)cc1. The van der Waals surface area contributed by atoms with E-state index in [1.165, 1.54) is 17.7 Å². The average molecular weight is 571 g/mol. The van der Waals surface area contributed by atoms with Crippen LogP contribution in [0.15, 0.2) is 53.4 Å². The highest BCUT2D eigenvalue weighted by Crippen LogP contribution is 2.37. The molecular formula is C31H42N2O6S. The van der Waals surface area contributed by atoms with Gasteiger partial charge in [0.15, 0.2) is 9.84 Å². The summed E-state index contributed by atoms with van der Waals surface area (Å²) < 4.78 is 36.9. The van der Waals surface area contributed by atoms with Gasteiger partial charge >= 0.3 is 0 Å². The number of carbonyl (C=O) groups excluding carboxylic acids is 2. The van der Waals surface area contributed by atoms with Crippen LogP contribution in [-0.4, -0.2) is 63.7 Å². The van der Waals surface area contributed by atoms with Crippen molar-refractivity contribution in [1.29, 1.82) is 0 Å². The Hall–Kier alpha value is -3.07. The number of sulfone groups is 1. The number of hydrogen-bond donors (Lipinski definition) is 1. The lowest BCUT2D eigenvalue weighted by molar-refractivity contribution is -0.133. The Morgan fingerprint density at radius 2 is 1.75 bits per heavy atom. The summed E-state index contributed by atoms with van der Waals surface area (Å²) in [5, 5.41) is 3.15. The summed E-state index contributed by atoms with van der Waals surface area (Å²) in [6.45, 7) is 4.66. The molecule has 40 heavy (non-hydrogen) atoms. The maximum Gasteiger partial charge on any atom is 0.223 e. The van der Waals surface area contributed by atoms with Crippen LogP contribution in [-0.2, 0) is 25.8 Å². The Morgan fingerprint density at radius 3 is 2.50 bits per heavy atom. The summed E-state index contributed by atoms with van der Waals surface area (Å²) in [6, 6.07) is 14.5. The number of aryl methyl sites for hydroxylation is 1. The fourth-order valence-corrected chi connectivity index (χ4v) is 6.84. The van der Waals surface area contributed by atoms with Gasteiger partial charge in [0.25, 0.3) is 0 Å². The Labute approximate surface area is 238 Å². The number of hydrogen-bond acceptors (Lipinski definition) is 6. The van der Waals surface area contributed by atoms with Crippen LogP contribution in [0.25, 0.3) is 0 Å². The van der Waals surface area contributed by atoms with E-state index in [4.69, 9.17) is 9.47 Å². The highest BCUT2D eigenvalue weighted by Gasteiger charge is 2.36. The first-order valence-electron chi connectivity index (χ1n) is 14.5. The molecular weight excluding hydrogens is 528 g/mol. The fourth-order valence-electron chi connectivity index (χ4n) is 5.61. The van der Waals surface area contributed by atoms with Crippen molar-refractivity contribution in [3.05, 3.63) is 54.1 Å². The summed E-state index contributed by atoms with van der Waals surface area (Å²) >= 11 is 0. The molecule has 9 heteroatoms. The van der Waals surface area contributed by atoms with E-state index in [0.717, 1.165) is 44.3 Å². The number of nitrogens with one attached hydrogen (secondary N) is 1. The first kappa shape index (κ1) is 29.9. The Balaban J connectivity index is 1.32. The van der Waals surface area contributed by atoms with Crippen LogP contribution >= 0.6 is 0 Å². The number of fused-ring (bicyclic) bond motifs is 1. The van der Waals surface area contributed by atoms with Gasteiger partial charge in [-0.3, -0.25) is 9.59 Å². The largest absolute Gasteiger partial charge is 0.494 e. The maximum absolute atomic E-state index is 13.0. The predicted molar refractivity (Wildman–Crippen MR) is 154 cm³/mol. The number of piperidine rings is 1. The van der Waals surface area contributed by atoms with Gasteiger partial charge in [0, 0.05) is 32.5 Å². The lowest BCUT2D eigenvalue weighted by atomic mass is 9.74. The van der Waals surface area contributed by atoms with Crippen molar-refractivity contribution >= 4 is 21.7 Å². The molecule has 0 saturated carbocycles. The molecule has 2 amide bonds. The lowest BCUT2D eigenvalue weighted by Gasteiger charge is -2.42. The number of benzene rings is 2. The van der Waals surface area contributed by atoms with E-state index in [1.807, 2.05) is 25.1 Å². The van der Waals surface area contributed by atoms with E-state index in [2.05, 4.69) is 11.4 Å². The van der Waals surface area contributed by atoms with E-state index < -0.39 is 9.84 Å². The molecule has 0 aromatic heterocycles. The van der Waals surface area contributed by atoms with Gasteiger partial charge in [-0.15, -0.1) is 0 Å². The van der Waals surface area contributed by atoms with Gasteiger partial charge in [0.2, 0.25) is 11.8 Å². The third kappa shape index (κ3) is 8.22. The number of nitrogens with zero attached hydrogens (tertiary/aromatic N) is 1. The summed E-state index contributed by atoms with van der Waals surface area (Å²) in [4.78, 5) is 27.5. The highest BCUT2D eigenvalue weighted by molar-refractivity contribution is 7.91. The number of rotatable bonds is 6. The van der Waals surface area contributed by atoms with Crippen LogP contribution in [0.3, 0.4) is 0 Å². The Bertz CT molecular complexity index is 1240. The quantitative estimate of drug-likeness (QED) is 0.547. The molecule has 1 saturated heterocycles. The third-order valence-corrected chi connectivity index (χ3v) is 9.83. The van der Waals surface area contributed by atoms with Crippen LogP contribution < -0.4 is 14.8 Å². The molecule has 0 atom stereocenters. The number of amides is 2. The van der Waals surface area contributed by atoms with Crippen molar-refractivity contribution in [3.8, 4) is 11.5 Å². The van der Waals surface area contributed by atoms with Crippen molar-refractivity contribution in [2.24, 2.45) is 5.41 Å². The van der Waals surface area contributed by atoms with Crippen molar-refractivity contribution < 1.29 is 27.5 Å². The smallest absolute Gasteiger partial charge is 0.223 e. The molecule has 0 unspecified atom stereocenters. The zero-order valence-electron chi connectivity index (χ0n) is 23.5. The van der Waals surface area contributed by atoms with Gasteiger partial charge in [-0.2, -0.15) is 0 Å². The van der Waals surface area contributed by atoms with E-state index in [-0.39, 0.29) is 34.3 Å². The van der Waals surface area contributed by atoms with Crippen molar-refractivity contribution in [1.82, 2.24) is 10.2 Å². The molecule has 2 aliphatic rings. The van der Waals surface area contributed by atoms with Gasteiger partial charge < -0.3 is 19.7 Å². The summed E-state index contributed by atoms with van der Waals surface area (Å²) in [5.74, 6) is 1.21. The van der Waals surface area contributed by atoms with E-state index in [1.54, 1.807) is 17.0 Å². The second-order valence-corrected chi connectivity index (χ2v) is 13.0. The molecule has 0 aliphatic carbocycles. The molecule has 2 heterocycles. The van der Waals surface area contributed by atoms with E-state index >= 15 is 0 Å². The lowest BCUT2D eigenvalue weighted by Crippen LogP contribution is -2.48. The van der Waals surface area contributed by atoms with Crippen LogP contribution in [0.2, 0.25) is 0 Å². The van der Waals surface area contributed by atoms with Crippen molar-refractivity contribution in [2.75, 3.05) is 38.6 Å². The minimum Gasteiger partial charge on any atom is -0.494 e. The topological polar surface area (TPSA) is 102 Å². The molecule has 218 valence electrons. The van der Waals surface area contributed by atoms with Gasteiger partial charge in [0.1, 0.15) is 11.5 Å². The average Bonchev–Trinajstić information content (AvgIpc) is 2.96. The second kappa shape index (κ2) is 14.0. The number of likely N-dealkylation sites (tertiary alicyclic amines) is 1. The molecule has 0 radical (unpaired) electrons. The Morgan fingerprint density at radius 1 is 1.00 bits per heavy atom. The van der Waals surface area contributed by atoms with E-state index in [0.29, 0.717) is 51.4 Å². The van der Waals surface area contributed by atoms with Crippen LogP contribution in [0, 0.1) is 5.41 Å². The zero-order valence-corrected chi connectivity index (χ0v) is 24.3. The molecule has 4 rings (SSSR count). The van der Waals surface area contributed by atoms with Crippen molar-refractivity contribution in [2.45, 2.75) is 69.6 Å². The summed E-state index contributed by atoms with van der Waals surface area (Å²) in [7, 11) is -3.57. The monoisotopic (exact) mass is 570 g/mol. The van der Waals surface area contributed by atoms with Crippen LogP contribution in [0.1, 0.15) is 63.9 Å². The Kier molecular flexibility index (Phi) is 10.5. The first-order chi connectivity index (χ1) is 19.3. The molecule has 2 aromatic rings. The van der Waals surface area contributed by atoms with Crippen molar-refractivity contribution in [3.63, 3.8) is 0 Å². The van der Waals surface area contributed by atoms with E-state index in [9.17, 15) is 18.0 Å². The van der Waals surface area contributed by atoms with Crippen LogP contribution in [0.5, 0.6) is 11.5 Å². The normalized spacial score (nSPS) is 18.6. The molecule has 8 nitrogen and oxygen atoms in total. The van der Waals surface area contributed by atoms with Crippen LogP contribution in [0.4, 0.5) is 0 Å². The summed E-state index contributed by atoms with van der Waals surface area (Å²) in [6.07, 6.45) is 6.62. The number of ether oxygens (including phenoxy) is 2. The summed E-state index contributed by atoms with van der Waals surface area (Å²) in [5.41, 5.74) is 1.15. The number of carbonyl (C=O) groups is 2. The van der Waals surface area contributed by atoms with Gasteiger partial charge in [0.05, 0.1) is 23.9 Å². The number of para-hydroxylation sites is 1. The second-order valence-electron chi connectivity index (χ2n) is 10.9. The fraction of sp³-hybridized carbons (Fsp3) is 0.548. The molecule has 2 aromatic carbocycles. The minimum atomic E-state index is -3.57. The maximum atomic E-state index is 13.0. The standard InChI is InChI=1S/C31H42N2O6S/c1-2-38-26-12-14-27(15-13-26)40(36,37)23-16-30(35)33-20-18-31(19-21-33)17-6-5-9-25-8-3-4-10-28(25)39-22-7-11-29(34)32-24-31/h3-4,8,10,12-15H,2,5-7,9,11,16-24H2,1H3,(H,32,34). The third-order valence-electron chi connectivity index (χ3n) is 8.10. The molecule has 1 fully saturated rings. The highest BCUT2D eigenvalue weighted by atomic mass is 32.2. The molecule has 1 spiro atoms. The first-order valence-corrected chi connectivity index (χ1v) is 16.2. The molecule has 2 aliphatic heterocycles. The predicted octanol–water partition coefficient (Wildman–Crippen LogP) is 4.56. The minimum absolute atomic E-state index is 0.0336. The van der Waals surface area contributed by atoms with Gasteiger partial charge in [-0.1, -0.05) is 24.6 Å². The molecule has 1 N–H and O–H groups in total. The van der Waals surface area contributed by atoms with Gasteiger partial charge in [-0.05, 0) is 86.8 Å². The van der Waals surface area contributed by atoms with Gasteiger partial charge in [-0.25, -0.2) is 8.42 Å². The molecule has 0 bridgehead atoms. The zero-order chi connectivity index (χ0) is 28.4.